The van der Waals surface area contributed by atoms with Gasteiger partial charge in [-0.05, 0) is 11.0 Å². The van der Waals surface area contributed by atoms with Crippen molar-refractivity contribution in [3.05, 3.63) is 44.2 Å². The van der Waals surface area contributed by atoms with Crippen LogP contribution < -0.4 is 0 Å². The first kappa shape index (κ1) is 19.1. The second-order valence-electron chi connectivity index (χ2n) is 2.78. The van der Waals surface area contributed by atoms with Crippen LogP contribution in [0.25, 0.3) is 0 Å². The first-order valence-corrected chi connectivity index (χ1v) is 3.70. The first-order valence-electron chi connectivity index (χ1n) is 3.70. The van der Waals surface area contributed by atoms with Gasteiger partial charge in [0.25, 0.3) is 0 Å². The van der Waals surface area contributed by atoms with Crippen molar-refractivity contribution in [2.45, 2.75) is 25.7 Å². The number of rotatable bonds is 0. The molecule has 1 aliphatic carbocycles. The maximum Gasteiger partial charge on any atom is 3.00 e. The van der Waals surface area contributed by atoms with Gasteiger partial charge >= 0.3 is 26.2 Å². The van der Waals surface area contributed by atoms with Gasteiger partial charge < -0.3 is 14.9 Å². The van der Waals surface area contributed by atoms with E-state index in [-0.39, 0.29) is 52.0 Å². The molecule has 0 bridgehead atoms. The molecule has 2 rings (SSSR count). The average molecular weight is 272 g/mol. The van der Waals surface area contributed by atoms with Gasteiger partial charge in [-0.25, -0.2) is 6.07 Å². The first-order chi connectivity index (χ1) is 4.47. The van der Waals surface area contributed by atoms with Crippen LogP contribution in [0.1, 0.15) is 24.0 Å². The summed E-state index contributed by atoms with van der Waals surface area (Å²) in [6.07, 6.45) is 5.44. The van der Waals surface area contributed by atoms with Crippen LogP contribution in [0.4, 0.5) is 0 Å². The second-order valence-corrected chi connectivity index (χ2v) is 2.78. The third kappa shape index (κ3) is 4.46. The van der Waals surface area contributed by atoms with Crippen LogP contribution in [-0.4, -0.2) is 11.0 Å². The zero-order valence-electron chi connectivity index (χ0n) is 9.06. The van der Waals surface area contributed by atoms with Crippen molar-refractivity contribution in [1.29, 1.82) is 0 Å². The summed E-state index contributed by atoms with van der Waals surface area (Å²) in [6.45, 7) is 0. The Bertz CT molecular complexity index is 185. The van der Waals surface area contributed by atoms with Crippen molar-refractivity contribution in [3.8, 4) is 0 Å². The van der Waals surface area contributed by atoms with Crippen molar-refractivity contribution in [3.63, 3.8) is 0 Å². The molecule has 0 fully saturated rings. The quantitative estimate of drug-likeness (QED) is 0.500. The molecule has 1 aromatic rings. The van der Waals surface area contributed by atoms with Crippen molar-refractivity contribution in [2.24, 2.45) is 0 Å². The van der Waals surface area contributed by atoms with E-state index in [1.165, 1.54) is 25.7 Å². The standard InChI is InChI=1S/C9H11.2CH3.H3Si.Zr/c1-2-5-9-7-3-6-8(9)4-1;;;;/h3,6-7H,1-2,4-5H2;3*1H3;/q3*-1;;+3. The third-order valence-electron chi connectivity index (χ3n) is 2.15. The third-order valence-corrected chi connectivity index (χ3v) is 2.15. The fourth-order valence-electron chi connectivity index (χ4n) is 1.61. The molecule has 2 radical (unpaired) electrons. The van der Waals surface area contributed by atoms with Crippen LogP contribution >= 0.6 is 0 Å². The normalized spacial score (nSPS) is 12.0. The van der Waals surface area contributed by atoms with E-state index in [9.17, 15) is 0 Å². The number of fused-ring (bicyclic) bond motifs is 1. The van der Waals surface area contributed by atoms with E-state index in [4.69, 9.17) is 0 Å². The summed E-state index contributed by atoms with van der Waals surface area (Å²) in [4.78, 5) is 0. The van der Waals surface area contributed by atoms with Gasteiger partial charge in [-0.15, -0.1) is 0 Å². The Labute approximate surface area is 107 Å². The predicted octanol–water partition coefficient (Wildman–Crippen LogP) is 2.00. The molecule has 2 heteroatoms. The van der Waals surface area contributed by atoms with Gasteiger partial charge in [-0.3, -0.25) is 0 Å². The smallest absolute Gasteiger partial charge is 0.358 e. The molecule has 1 aliphatic rings. The Hall–Kier alpha value is 0.450. The SMILES string of the molecule is [CH3-].[CH3-].[SiH3].[Zr+3].c1cc2c([cH-]1)CCCC2. The minimum absolute atomic E-state index is 0. The van der Waals surface area contributed by atoms with Gasteiger partial charge in [0.1, 0.15) is 0 Å². The predicted molar refractivity (Wildman–Crippen MR) is 61.4 cm³/mol. The molecule has 0 nitrogen and oxygen atoms in total. The van der Waals surface area contributed by atoms with Crippen LogP contribution in [0.3, 0.4) is 0 Å². The zero-order chi connectivity index (χ0) is 6.10. The van der Waals surface area contributed by atoms with Crippen molar-refractivity contribution >= 4 is 11.0 Å². The second kappa shape index (κ2) is 9.02. The Balaban J connectivity index is -0.000000250. The number of hydrogen-bond acceptors (Lipinski definition) is 0. The van der Waals surface area contributed by atoms with Gasteiger partial charge in [-0.2, -0.15) is 23.3 Å². The molecule has 0 N–H and O–H groups in total. The maximum absolute atomic E-state index is 2.26. The molecule has 0 saturated carbocycles. The van der Waals surface area contributed by atoms with Crippen LogP contribution in [0, 0.1) is 14.9 Å². The summed E-state index contributed by atoms with van der Waals surface area (Å²) in [5.41, 5.74) is 3.20. The molecule has 0 heterocycles. The molecule has 0 atom stereocenters. The summed E-state index contributed by atoms with van der Waals surface area (Å²) in [5.74, 6) is 0. The fraction of sp³-hybridized carbons (Fsp3) is 0.364. The molecule has 13 heavy (non-hydrogen) atoms. The fourth-order valence-corrected chi connectivity index (χ4v) is 1.61. The number of aryl methyl sites for hydroxylation is 2. The Morgan fingerprint density at radius 3 is 2.31 bits per heavy atom. The Kier molecular flexibility index (Phi) is 13.3. The van der Waals surface area contributed by atoms with Crippen molar-refractivity contribution in [2.75, 3.05) is 0 Å². The molecule has 1 aromatic carbocycles. The topological polar surface area (TPSA) is 0 Å². The summed E-state index contributed by atoms with van der Waals surface area (Å²) in [6, 6.07) is 6.69. The molecule has 0 saturated heterocycles. The molecule has 0 unspecified atom stereocenters. The van der Waals surface area contributed by atoms with Crippen LogP contribution in [-0.2, 0) is 39.0 Å². The molecule has 0 amide bonds. The van der Waals surface area contributed by atoms with Crippen molar-refractivity contribution < 1.29 is 26.2 Å². The van der Waals surface area contributed by atoms with E-state index in [2.05, 4.69) is 18.2 Å². The van der Waals surface area contributed by atoms with Crippen LogP contribution in [0.5, 0.6) is 0 Å². The maximum atomic E-state index is 2.26. The summed E-state index contributed by atoms with van der Waals surface area (Å²) >= 11 is 0. The minimum atomic E-state index is 0. The van der Waals surface area contributed by atoms with E-state index >= 15 is 0 Å². The Morgan fingerprint density at radius 1 is 1.08 bits per heavy atom. The molecule has 72 valence electrons. The molecule has 0 spiro atoms. The zero-order valence-corrected chi connectivity index (χ0v) is 13.5. The van der Waals surface area contributed by atoms with Gasteiger partial charge in [0.15, 0.2) is 0 Å². The van der Waals surface area contributed by atoms with Gasteiger partial charge in [0.2, 0.25) is 0 Å². The van der Waals surface area contributed by atoms with Crippen molar-refractivity contribution in [1.82, 2.24) is 0 Å². The Morgan fingerprint density at radius 2 is 1.69 bits per heavy atom. The van der Waals surface area contributed by atoms with E-state index in [1.807, 2.05) is 0 Å². The van der Waals surface area contributed by atoms with E-state index in [0.29, 0.717) is 0 Å². The molecule has 0 aromatic heterocycles. The van der Waals surface area contributed by atoms with E-state index in [1.54, 1.807) is 11.1 Å². The summed E-state index contributed by atoms with van der Waals surface area (Å²) in [5, 5.41) is 0. The van der Waals surface area contributed by atoms with E-state index in [0.717, 1.165) is 0 Å². The summed E-state index contributed by atoms with van der Waals surface area (Å²) in [7, 11) is 0. The molecule has 0 aliphatic heterocycles. The average Bonchev–Trinajstić information content (AvgIpc) is 2.33. The van der Waals surface area contributed by atoms with Gasteiger partial charge in [0.05, 0.1) is 0 Å². The van der Waals surface area contributed by atoms with Gasteiger partial charge in [-0.1, -0.05) is 25.7 Å². The largest absolute Gasteiger partial charge is 3.00 e. The van der Waals surface area contributed by atoms with Crippen LogP contribution in [0.2, 0.25) is 0 Å². The minimum Gasteiger partial charge on any atom is -0.358 e. The number of hydrogen-bond donors (Lipinski definition) is 0. The summed E-state index contributed by atoms with van der Waals surface area (Å²) < 4.78 is 0. The van der Waals surface area contributed by atoms with E-state index < -0.39 is 0 Å². The van der Waals surface area contributed by atoms with Crippen LogP contribution in [0.15, 0.2) is 18.2 Å². The molecular weight excluding hydrogens is 251 g/mol. The monoisotopic (exact) mass is 270 g/mol. The van der Waals surface area contributed by atoms with Gasteiger partial charge in [0, 0.05) is 0 Å². The molecular formula is C11H20SiZr.